The van der Waals surface area contributed by atoms with Gasteiger partial charge in [-0.25, -0.2) is 0 Å². The van der Waals surface area contributed by atoms with Crippen molar-refractivity contribution in [1.29, 1.82) is 0 Å². The van der Waals surface area contributed by atoms with E-state index in [0.717, 1.165) is 17.6 Å². The second-order valence-corrected chi connectivity index (χ2v) is 2.90. The topological polar surface area (TPSA) is 29.1 Å². The normalized spacial score (nSPS) is 11.5. The minimum absolute atomic E-state index is 0.0285. The van der Waals surface area contributed by atoms with Crippen molar-refractivity contribution in [3.63, 3.8) is 0 Å². The van der Waals surface area contributed by atoms with Crippen molar-refractivity contribution >= 4 is 5.91 Å². The van der Waals surface area contributed by atoms with Crippen molar-refractivity contribution in [1.82, 2.24) is 5.32 Å². The van der Waals surface area contributed by atoms with Crippen LogP contribution in [0.3, 0.4) is 0 Å². The molecule has 2 nitrogen and oxygen atoms in total. The molecule has 0 aliphatic heterocycles. The van der Waals surface area contributed by atoms with Gasteiger partial charge in [-0.15, -0.1) is 13.2 Å². The van der Waals surface area contributed by atoms with Gasteiger partial charge < -0.3 is 5.32 Å². The molecule has 0 aromatic heterocycles. The fourth-order valence-electron chi connectivity index (χ4n) is 0.861. The lowest BCUT2D eigenvalue weighted by atomic mass is 10.1. The van der Waals surface area contributed by atoms with E-state index in [4.69, 9.17) is 0 Å². The van der Waals surface area contributed by atoms with Crippen LogP contribution in [0.25, 0.3) is 0 Å². The molecule has 0 aromatic rings. The van der Waals surface area contributed by atoms with Crippen LogP contribution in [0.2, 0.25) is 0 Å². The van der Waals surface area contributed by atoms with E-state index in [1.807, 2.05) is 13.8 Å². The molecule has 0 fully saturated rings. The Morgan fingerprint density at radius 1 is 1.31 bits per heavy atom. The maximum Gasteiger partial charge on any atom is 0.247 e. The Labute approximate surface area is 80.0 Å². The van der Waals surface area contributed by atoms with Gasteiger partial charge in [0.2, 0.25) is 5.91 Å². The van der Waals surface area contributed by atoms with Gasteiger partial charge in [0, 0.05) is 12.1 Å². The molecule has 0 radical (unpaired) electrons. The quantitative estimate of drug-likeness (QED) is 0.508. The summed E-state index contributed by atoms with van der Waals surface area (Å²) in [7, 11) is 0. The molecule has 1 amide bonds. The molecule has 0 spiro atoms. The molecule has 0 heterocycles. The third-order valence-corrected chi connectivity index (χ3v) is 1.84. The second-order valence-electron chi connectivity index (χ2n) is 2.90. The Hall–Kier alpha value is -1.31. The molecular weight excluding hydrogens is 162 g/mol. The molecule has 0 atom stereocenters. The molecule has 0 saturated carbocycles. The van der Waals surface area contributed by atoms with Gasteiger partial charge >= 0.3 is 0 Å². The van der Waals surface area contributed by atoms with Crippen LogP contribution < -0.4 is 5.32 Å². The number of allylic oxidation sites excluding steroid dienone is 2. The van der Waals surface area contributed by atoms with E-state index in [2.05, 4.69) is 18.5 Å². The molecule has 1 N–H and O–H groups in total. The van der Waals surface area contributed by atoms with Crippen LogP contribution in [0.5, 0.6) is 0 Å². The van der Waals surface area contributed by atoms with E-state index in [1.165, 1.54) is 0 Å². The third kappa shape index (κ3) is 4.31. The van der Waals surface area contributed by atoms with Crippen LogP contribution in [-0.4, -0.2) is 12.5 Å². The molecule has 72 valence electrons. The number of nitrogens with one attached hydrogen (secondary N) is 1. The Morgan fingerprint density at radius 3 is 2.38 bits per heavy atom. The van der Waals surface area contributed by atoms with Crippen LogP contribution >= 0.6 is 0 Å². The van der Waals surface area contributed by atoms with E-state index in [9.17, 15) is 4.79 Å². The number of hydrogen-bond acceptors (Lipinski definition) is 1. The smallest absolute Gasteiger partial charge is 0.247 e. The first-order chi connectivity index (χ1) is 6.13. The largest absolute Gasteiger partial charge is 0.349 e. The minimum Gasteiger partial charge on any atom is -0.349 e. The molecule has 0 bridgehead atoms. The molecule has 0 saturated heterocycles. The molecule has 0 rings (SSSR count). The van der Waals surface area contributed by atoms with Crippen LogP contribution in [0.4, 0.5) is 0 Å². The highest BCUT2D eigenvalue weighted by Gasteiger charge is 2.04. The molecule has 0 aromatic carbocycles. The standard InChI is InChI=1S/C11H17NO/c1-5-7-9(3)10(4)11(13)12-8-6-2/h5-6H,1-2,7-8H2,3-4H3,(H,12,13). The van der Waals surface area contributed by atoms with Gasteiger partial charge in [-0.05, 0) is 20.3 Å². The first-order valence-corrected chi connectivity index (χ1v) is 4.29. The maximum atomic E-state index is 11.4. The van der Waals surface area contributed by atoms with Crippen LogP contribution in [-0.2, 0) is 4.79 Å². The molecule has 0 aliphatic rings. The number of hydrogen-bond donors (Lipinski definition) is 1. The van der Waals surface area contributed by atoms with Gasteiger partial charge in [0.1, 0.15) is 0 Å². The summed E-state index contributed by atoms with van der Waals surface area (Å²) in [5.41, 5.74) is 1.82. The van der Waals surface area contributed by atoms with E-state index in [0.29, 0.717) is 6.54 Å². The highest BCUT2D eigenvalue weighted by atomic mass is 16.1. The Balaban J connectivity index is 4.28. The van der Waals surface area contributed by atoms with E-state index in [1.54, 1.807) is 12.2 Å². The first-order valence-electron chi connectivity index (χ1n) is 4.29. The first kappa shape index (κ1) is 11.7. The zero-order chi connectivity index (χ0) is 10.3. The Kier molecular flexibility index (Phi) is 5.60. The predicted octanol–water partition coefficient (Wildman–Crippen LogP) is 2.20. The molecule has 2 heteroatoms. The lowest BCUT2D eigenvalue weighted by Crippen LogP contribution is -2.24. The average Bonchev–Trinajstić information content (AvgIpc) is 2.13. The van der Waals surface area contributed by atoms with Gasteiger partial charge in [0.15, 0.2) is 0 Å². The van der Waals surface area contributed by atoms with Gasteiger partial charge in [0.25, 0.3) is 0 Å². The summed E-state index contributed by atoms with van der Waals surface area (Å²) in [6.07, 6.45) is 4.21. The maximum absolute atomic E-state index is 11.4. The van der Waals surface area contributed by atoms with E-state index >= 15 is 0 Å². The summed E-state index contributed by atoms with van der Waals surface area (Å²) >= 11 is 0. The minimum atomic E-state index is -0.0285. The fourth-order valence-corrected chi connectivity index (χ4v) is 0.861. The van der Waals surface area contributed by atoms with Crippen LogP contribution in [0.15, 0.2) is 36.5 Å². The van der Waals surface area contributed by atoms with Crippen molar-refractivity contribution in [2.75, 3.05) is 6.54 Å². The summed E-state index contributed by atoms with van der Waals surface area (Å²) in [5, 5.41) is 2.72. The van der Waals surface area contributed by atoms with Crippen molar-refractivity contribution < 1.29 is 4.79 Å². The monoisotopic (exact) mass is 179 g/mol. The van der Waals surface area contributed by atoms with Crippen molar-refractivity contribution in [2.45, 2.75) is 20.3 Å². The number of amides is 1. The summed E-state index contributed by atoms with van der Waals surface area (Å²) in [6, 6.07) is 0. The molecule has 0 unspecified atom stereocenters. The van der Waals surface area contributed by atoms with Crippen LogP contribution in [0, 0.1) is 0 Å². The molecule has 0 aliphatic carbocycles. The van der Waals surface area contributed by atoms with Crippen molar-refractivity contribution in [3.8, 4) is 0 Å². The summed E-state index contributed by atoms with van der Waals surface area (Å²) in [6.45, 7) is 11.4. The highest BCUT2D eigenvalue weighted by molar-refractivity contribution is 5.93. The lowest BCUT2D eigenvalue weighted by molar-refractivity contribution is -0.117. The van der Waals surface area contributed by atoms with E-state index in [-0.39, 0.29) is 5.91 Å². The Morgan fingerprint density at radius 2 is 1.92 bits per heavy atom. The van der Waals surface area contributed by atoms with Gasteiger partial charge in [-0.3, -0.25) is 4.79 Å². The molecule has 13 heavy (non-hydrogen) atoms. The predicted molar refractivity (Wildman–Crippen MR) is 56.4 cm³/mol. The highest BCUT2D eigenvalue weighted by Crippen LogP contribution is 2.07. The fraction of sp³-hybridized carbons (Fsp3) is 0.364. The van der Waals surface area contributed by atoms with Gasteiger partial charge in [0.05, 0.1) is 0 Å². The third-order valence-electron chi connectivity index (χ3n) is 1.84. The molecular formula is C11H17NO. The van der Waals surface area contributed by atoms with Crippen LogP contribution in [0.1, 0.15) is 20.3 Å². The average molecular weight is 179 g/mol. The Bertz CT molecular complexity index is 238. The SMILES string of the molecule is C=CCNC(=O)C(C)=C(C)CC=C. The zero-order valence-corrected chi connectivity index (χ0v) is 8.39. The van der Waals surface area contributed by atoms with E-state index < -0.39 is 0 Å². The number of carbonyl (C=O) groups excluding carboxylic acids is 1. The summed E-state index contributed by atoms with van der Waals surface area (Å²) in [4.78, 5) is 11.4. The summed E-state index contributed by atoms with van der Waals surface area (Å²) in [5.74, 6) is -0.0285. The second kappa shape index (κ2) is 6.23. The zero-order valence-electron chi connectivity index (χ0n) is 8.39. The van der Waals surface area contributed by atoms with Gasteiger partial charge in [-0.2, -0.15) is 0 Å². The van der Waals surface area contributed by atoms with Crippen molar-refractivity contribution in [3.05, 3.63) is 36.5 Å². The number of rotatable bonds is 5. The lowest BCUT2D eigenvalue weighted by Gasteiger charge is -2.05. The number of carbonyl (C=O) groups is 1. The van der Waals surface area contributed by atoms with Crippen molar-refractivity contribution in [2.24, 2.45) is 0 Å². The summed E-state index contributed by atoms with van der Waals surface area (Å²) < 4.78 is 0. The van der Waals surface area contributed by atoms with Gasteiger partial charge in [-0.1, -0.05) is 17.7 Å².